The summed E-state index contributed by atoms with van der Waals surface area (Å²) in [7, 11) is -5.95. The summed E-state index contributed by atoms with van der Waals surface area (Å²) in [5, 5.41) is 14.6. The van der Waals surface area contributed by atoms with E-state index in [-0.39, 0.29) is 5.56 Å². The second-order valence-corrected chi connectivity index (χ2v) is 11.2. The molecule has 4 nitrogen and oxygen atoms in total. The van der Waals surface area contributed by atoms with Crippen molar-refractivity contribution in [1.29, 1.82) is 5.26 Å². The Labute approximate surface area is 252 Å². The molecule has 43 heavy (non-hydrogen) atoms. The molecule has 6 rings (SSSR count). The van der Waals surface area contributed by atoms with E-state index in [2.05, 4.69) is 18.7 Å². The Morgan fingerprint density at radius 2 is 1.35 bits per heavy atom. The monoisotopic (exact) mass is 615 g/mol. The molecule has 9 heteroatoms. The Balaban J connectivity index is 0.00000180. The van der Waals surface area contributed by atoms with Crippen LogP contribution in [0, 0.1) is 11.3 Å². The zero-order valence-electron chi connectivity index (χ0n) is 22.8. The van der Waals surface area contributed by atoms with Crippen LogP contribution < -0.4 is 4.18 Å². The largest absolute Gasteiger partial charge is 0.534 e. The molecule has 0 aliphatic carbocycles. The van der Waals surface area contributed by atoms with Crippen LogP contribution in [-0.2, 0) is 16.5 Å². The second-order valence-electron chi connectivity index (χ2n) is 9.65. The van der Waals surface area contributed by atoms with Crippen LogP contribution in [-0.4, -0.2) is 20.2 Å². The van der Waals surface area contributed by atoms with Gasteiger partial charge < -0.3 is 4.18 Å². The first-order valence-corrected chi connectivity index (χ1v) is 15.4. The summed E-state index contributed by atoms with van der Waals surface area (Å²) in [5.74, 6) is -0.439. The van der Waals surface area contributed by atoms with Gasteiger partial charge in [0.05, 0.1) is 11.6 Å². The average molecular weight is 616 g/mol. The van der Waals surface area contributed by atoms with Crippen LogP contribution in [0.2, 0.25) is 0 Å². The number of halogens is 3. The highest BCUT2D eigenvalue weighted by molar-refractivity contribution is 7.88. The summed E-state index contributed by atoms with van der Waals surface area (Å²) in [4.78, 5) is 0. The molecule has 0 fully saturated rings. The SMILES string of the molecule is CS.N#Cc1ccccc1Cc1ccc(OS(=O)(=O)C(F)(F)F)c(-c2c3ccccc3cc3cc4ccccc4cc23)c1. The highest BCUT2D eigenvalue weighted by Gasteiger charge is 2.49. The van der Waals surface area contributed by atoms with Gasteiger partial charge in [-0.15, -0.1) is 0 Å². The molecule has 216 valence electrons. The van der Waals surface area contributed by atoms with Gasteiger partial charge in [0.2, 0.25) is 0 Å². The number of rotatable bonds is 5. The van der Waals surface area contributed by atoms with E-state index in [1.54, 1.807) is 36.6 Å². The molecule has 6 aromatic carbocycles. The fourth-order valence-corrected chi connectivity index (χ4v) is 5.65. The van der Waals surface area contributed by atoms with Gasteiger partial charge in [0.1, 0.15) is 0 Å². The number of fused-ring (bicyclic) bond motifs is 3. The van der Waals surface area contributed by atoms with E-state index in [0.29, 0.717) is 23.1 Å². The summed E-state index contributed by atoms with van der Waals surface area (Å²) >= 11 is 3.53. The van der Waals surface area contributed by atoms with Crippen LogP contribution in [0.15, 0.2) is 109 Å². The lowest BCUT2D eigenvalue weighted by molar-refractivity contribution is -0.0499. The maximum Gasteiger partial charge on any atom is 0.534 e. The Hall–Kier alpha value is -4.52. The zero-order valence-corrected chi connectivity index (χ0v) is 24.5. The van der Waals surface area contributed by atoms with Gasteiger partial charge >= 0.3 is 15.6 Å². The molecule has 0 saturated heterocycles. The minimum absolute atomic E-state index is 0.196. The van der Waals surface area contributed by atoms with Crippen molar-refractivity contribution in [1.82, 2.24) is 0 Å². The van der Waals surface area contributed by atoms with Gasteiger partial charge in [0, 0.05) is 11.1 Å². The predicted octanol–water partition coefficient (Wildman–Crippen LogP) is 9.05. The molecular weight excluding hydrogens is 592 g/mol. The fraction of sp³-hybridized carbons (Fsp3) is 0.0882. The van der Waals surface area contributed by atoms with Gasteiger partial charge in [-0.25, -0.2) is 0 Å². The summed E-state index contributed by atoms with van der Waals surface area (Å²) in [6.45, 7) is 0. The number of hydrogen-bond donors (Lipinski definition) is 1. The lowest BCUT2D eigenvalue weighted by Gasteiger charge is -2.18. The van der Waals surface area contributed by atoms with Crippen molar-refractivity contribution in [3.63, 3.8) is 0 Å². The molecular formula is C34H24F3NO3S2. The molecule has 0 N–H and O–H groups in total. The van der Waals surface area contributed by atoms with Crippen LogP contribution in [0.3, 0.4) is 0 Å². The molecule has 0 amide bonds. The lowest BCUT2D eigenvalue weighted by atomic mass is 9.89. The Bertz CT molecular complexity index is 2130. The zero-order chi connectivity index (χ0) is 30.8. The van der Waals surface area contributed by atoms with E-state index in [9.17, 15) is 26.9 Å². The first kappa shape index (κ1) is 30.0. The van der Waals surface area contributed by atoms with Gasteiger partial charge in [0.15, 0.2) is 5.75 Å². The Morgan fingerprint density at radius 1 is 0.744 bits per heavy atom. The highest BCUT2D eigenvalue weighted by Crippen LogP contribution is 2.43. The third-order valence-electron chi connectivity index (χ3n) is 7.06. The summed E-state index contributed by atoms with van der Waals surface area (Å²) in [5.41, 5.74) is -3.00. The smallest absolute Gasteiger partial charge is 0.375 e. The molecule has 0 aliphatic heterocycles. The van der Waals surface area contributed by atoms with Crippen molar-refractivity contribution >= 4 is 55.1 Å². The van der Waals surface area contributed by atoms with Gasteiger partial charge in [-0.2, -0.15) is 39.5 Å². The number of alkyl halides is 3. The highest BCUT2D eigenvalue weighted by atomic mass is 32.2. The topological polar surface area (TPSA) is 67.2 Å². The first-order chi connectivity index (χ1) is 20.6. The predicted molar refractivity (Wildman–Crippen MR) is 169 cm³/mol. The molecule has 0 unspecified atom stereocenters. The lowest BCUT2D eigenvalue weighted by Crippen LogP contribution is -2.28. The molecule has 0 radical (unpaired) electrons. The van der Waals surface area contributed by atoms with Gasteiger partial charge in [-0.3, -0.25) is 0 Å². The minimum Gasteiger partial charge on any atom is -0.375 e. The maximum absolute atomic E-state index is 13.4. The van der Waals surface area contributed by atoms with E-state index in [4.69, 9.17) is 4.18 Å². The van der Waals surface area contributed by atoms with Crippen LogP contribution in [0.5, 0.6) is 5.75 Å². The van der Waals surface area contributed by atoms with E-state index in [1.165, 1.54) is 12.1 Å². The van der Waals surface area contributed by atoms with E-state index < -0.39 is 21.4 Å². The third kappa shape index (κ3) is 5.89. The second kappa shape index (κ2) is 12.0. The van der Waals surface area contributed by atoms with Crippen LogP contribution in [0.4, 0.5) is 13.2 Å². The van der Waals surface area contributed by atoms with E-state index in [1.807, 2.05) is 66.7 Å². The van der Waals surface area contributed by atoms with Crippen LogP contribution in [0.25, 0.3) is 43.4 Å². The van der Waals surface area contributed by atoms with Crippen molar-refractivity contribution < 1.29 is 25.8 Å². The van der Waals surface area contributed by atoms with Crippen LogP contribution in [0.1, 0.15) is 16.7 Å². The van der Waals surface area contributed by atoms with Gasteiger partial charge in [-0.05, 0) is 92.5 Å². The molecule has 0 heterocycles. The Kier molecular flexibility index (Phi) is 8.36. The van der Waals surface area contributed by atoms with Crippen molar-refractivity contribution in [3.8, 4) is 22.9 Å². The summed E-state index contributed by atoms with van der Waals surface area (Å²) in [6.07, 6.45) is 1.99. The number of nitrogens with zero attached hydrogens (tertiary/aromatic N) is 1. The molecule has 0 spiro atoms. The maximum atomic E-state index is 13.4. The standard InChI is InChI=1S/C33H20F3NO3S.CH4S/c34-33(35,36)41(38,39)40-31-14-13-21(15-22-7-3-4-11-26(22)20-37)16-30(31)32-28-12-6-5-10-25(28)18-27-17-23-8-1-2-9-24(23)19-29(27)32;1-2/h1-14,16-19H,15H2;2H,1H3. The fourth-order valence-electron chi connectivity index (χ4n) is 5.17. The van der Waals surface area contributed by atoms with Crippen molar-refractivity contribution in [2.45, 2.75) is 11.9 Å². The van der Waals surface area contributed by atoms with Gasteiger partial charge in [0.25, 0.3) is 0 Å². The average Bonchev–Trinajstić information content (AvgIpc) is 3.00. The van der Waals surface area contributed by atoms with E-state index >= 15 is 0 Å². The number of nitriles is 1. The third-order valence-corrected chi connectivity index (χ3v) is 8.02. The van der Waals surface area contributed by atoms with E-state index in [0.717, 1.165) is 37.9 Å². The van der Waals surface area contributed by atoms with Crippen molar-refractivity contribution in [3.05, 3.63) is 126 Å². The van der Waals surface area contributed by atoms with Crippen LogP contribution >= 0.6 is 12.6 Å². The number of hydrogen-bond acceptors (Lipinski definition) is 5. The van der Waals surface area contributed by atoms with Gasteiger partial charge in [-0.1, -0.05) is 72.8 Å². The molecule has 0 atom stereocenters. The Morgan fingerprint density at radius 3 is 2.05 bits per heavy atom. The summed E-state index contributed by atoms with van der Waals surface area (Å²) < 4.78 is 69.5. The number of thiol groups is 1. The van der Waals surface area contributed by atoms with Crippen molar-refractivity contribution in [2.75, 3.05) is 6.26 Å². The molecule has 6 aromatic rings. The first-order valence-electron chi connectivity index (χ1n) is 13.1. The molecule has 0 aromatic heterocycles. The normalized spacial score (nSPS) is 11.6. The molecule has 0 aliphatic rings. The number of benzene rings is 6. The quantitative estimate of drug-likeness (QED) is 0.0910. The molecule has 0 saturated carbocycles. The molecule has 0 bridgehead atoms. The summed E-state index contributed by atoms with van der Waals surface area (Å²) in [6, 6.07) is 34.7. The van der Waals surface area contributed by atoms with Crippen molar-refractivity contribution in [2.24, 2.45) is 0 Å². The minimum atomic E-state index is -5.95.